The Hall–Kier alpha value is -1.45. The first-order valence-corrected chi connectivity index (χ1v) is 7.97. The van der Waals surface area contributed by atoms with Crippen LogP contribution in [0.1, 0.15) is 5.56 Å². The molecule has 0 fully saturated rings. The topological polar surface area (TPSA) is 50.4 Å². The fourth-order valence-corrected chi connectivity index (χ4v) is 3.61. The van der Waals surface area contributed by atoms with Crippen molar-refractivity contribution in [2.45, 2.75) is 6.18 Å². The fourth-order valence-electron chi connectivity index (χ4n) is 1.68. The minimum Gasteiger partial charge on any atom is -0.495 e. The molecule has 10 heteroatoms. The maximum absolute atomic E-state index is 12.8. The molecule has 23 heavy (non-hydrogen) atoms. The molecule has 0 aliphatic carbocycles. The largest absolute Gasteiger partial charge is 0.495 e. The highest BCUT2D eigenvalue weighted by molar-refractivity contribution is 9.11. The second kappa shape index (κ2) is 6.98. The van der Waals surface area contributed by atoms with Gasteiger partial charge in [0.25, 0.3) is 0 Å². The van der Waals surface area contributed by atoms with Crippen LogP contribution in [-0.2, 0) is 6.18 Å². The van der Waals surface area contributed by atoms with E-state index in [0.717, 1.165) is 18.2 Å². The third-order valence-corrected chi connectivity index (χ3v) is 4.65. The smallest absolute Gasteiger partial charge is 0.416 e. The Morgan fingerprint density at radius 1 is 1.26 bits per heavy atom. The molecule has 0 unspecified atom stereocenters. The zero-order chi connectivity index (χ0) is 17.2. The average Bonchev–Trinajstić information content (AvgIpc) is 2.75. The number of hydrogen-bond acceptors (Lipinski definition) is 3. The second-order valence-electron chi connectivity index (χ2n) is 4.23. The summed E-state index contributed by atoms with van der Waals surface area (Å²) in [5.41, 5.74) is -0.589. The summed E-state index contributed by atoms with van der Waals surface area (Å²) >= 11 is 10.2. The van der Waals surface area contributed by atoms with Gasteiger partial charge in [-0.2, -0.15) is 13.2 Å². The van der Waals surface area contributed by atoms with Gasteiger partial charge in [-0.3, -0.25) is 0 Å². The molecule has 124 valence electrons. The molecule has 0 spiro atoms. The lowest BCUT2D eigenvalue weighted by molar-refractivity contribution is -0.137. The SMILES string of the molecule is COc1ccc(C(F)(F)F)cc1NC(=O)Nc1cc(Cl)sc1Br. The number of alkyl halides is 3. The number of carbonyl (C=O) groups excluding carboxylic acids is 1. The van der Waals surface area contributed by atoms with Gasteiger partial charge in [-0.25, -0.2) is 4.79 Å². The number of hydrogen-bond donors (Lipinski definition) is 2. The lowest BCUT2D eigenvalue weighted by Crippen LogP contribution is -2.20. The highest BCUT2D eigenvalue weighted by Crippen LogP contribution is 2.37. The highest BCUT2D eigenvalue weighted by atomic mass is 79.9. The van der Waals surface area contributed by atoms with Gasteiger partial charge >= 0.3 is 12.2 Å². The molecule has 4 nitrogen and oxygen atoms in total. The van der Waals surface area contributed by atoms with Crippen molar-refractivity contribution in [3.63, 3.8) is 0 Å². The van der Waals surface area contributed by atoms with Crippen LogP contribution in [0, 0.1) is 0 Å². The predicted molar refractivity (Wildman–Crippen MR) is 87.7 cm³/mol. The zero-order valence-electron chi connectivity index (χ0n) is 11.4. The number of halogens is 5. The number of rotatable bonds is 3. The van der Waals surface area contributed by atoms with Crippen LogP contribution in [0.2, 0.25) is 4.34 Å². The van der Waals surface area contributed by atoms with Crippen LogP contribution >= 0.6 is 38.9 Å². The van der Waals surface area contributed by atoms with Crippen LogP contribution in [0.5, 0.6) is 5.75 Å². The van der Waals surface area contributed by atoms with E-state index in [9.17, 15) is 18.0 Å². The first kappa shape index (κ1) is 17.9. The molecule has 0 aliphatic heterocycles. The molecule has 1 heterocycles. The Morgan fingerprint density at radius 3 is 2.43 bits per heavy atom. The number of methoxy groups -OCH3 is 1. The Labute approximate surface area is 146 Å². The van der Waals surface area contributed by atoms with Crippen molar-refractivity contribution in [2.24, 2.45) is 0 Å². The van der Waals surface area contributed by atoms with Crippen molar-refractivity contribution in [1.82, 2.24) is 0 Å². The molecule has 1 aromatic heterocycles. The van der Waals surface area contributed by atoms with E-state index in [2.05, 4.69) is 26.6 Å². The van der Waals surface area contributed by atoms with Crippen LogP contribution < -0.4 is 15.4 Å². The Balaban J connectivity index is 2.21. The van der Waals surface area contributed by atoms with Gasteiger partial charge in [0.05, 0.1) is 32.2 Å². The summed E-state index contributed by atoms with van der Waals surface area (Å²) in [5, 5.41) is 4.81. The molecule has 0 atom stereocenters. The molecule has 1 aromatic carbocycles. The molecule has 0 saturated carbocycles. The van der Waals surface area contributed by atoms with Gasteiger partial charge < -0.3 is 15.4 Å². The van der Waals surface area contributed by atoms with Crippen LogP contribution in [0.15, 0.2) is 28.1 Å². The van der Waals surface area contributed by atoms with Gasteiger partial charge in [-0.05, 0) is 40.2 Å². The lowest BCUT2D eigenvalue weighted by atomic mass is 10.2. The number of amides is 2. The summed E-state index contributed by atoms with van der Waals surface area (Å²) in [6.45, 7) is 0. The van der Waals surface area contributed by atoms with E-state index in [1.165, 1.54) is 24.5 Å². The normalized spacial score (nSPS) is 11.2. The van der Waals surface area contributed by atoms with E-state index in [4.69, 9.17) is 16.3 Å². The van der Waals surface area contributed by atoms with Gasteiger partial charge in [0.15, 0.2) is 0 Å². The second-order valence-corrected chi connectivity index (χ2v) is 7.23. The molecule has 0 radical (unpaired) electrons. The standard InChI is InChI=1S/C13H9BrClF3N2O2S/c1-22-9-3-2-6(13(16,17)18)4-7(9)19-12(21)20-8-5-10(15)23-11(8)14/h2-5H,1H3,(H2,19,20,21). The summed E-state index contributed by atoms with van der Waals surface area (Å²) in [4.78, 5) is 12.0. The van der Waals surface area contributed by atoms with Crippen molar-refractivity contribution in [3.05, 3.63) is 38.0 Å². The predicted octanol–water partition coefficient (Wildman–Crippen LogP) is 5.84. The number of carbonyl (C=O) groups is 1. The van der Waals surface area contributed by atoms with E-state index in [1.54, 1.807) is 0 Å². The zero-order valence-corrected chi connectivity index (χ0v) is 14.6. The van der Waals surface area contributed by atoms with E-state index in [0.29, 0.717) is 13.8 Å². The van der Waals surface area contributed by atoms with E-state index in [1.807, 2.05) is 0 Å². The molecule has 0 bridgehead atoms. The number of urea groups is 1. The molecular weight excluding hydrogens is 421 g/mol. The molecule has 2 rings (SSSR count). The summed E-state index contributed by atoms with van der Waals surface area (Å²) < 4.78 is 44.3. The summed E-state index contributed by atoms with van der Waals surface area (Å²) in [6.07, 6.45) is -4.52. The number of anilines is 2. The number of ether oxygens (including phenoxy) is 1. The van der Waals surface area contributed by atoms with E-state index >= 15 is 0 Å². The van der Waals surface area contributed by atoms with Crippen molar-refractivity contribution in [3.8, 4) is 5.75 Å². The van der Waals surface area contributed by atoms with Crippen molar-refractivity contribution >= 4 is 56.3 Å². The number of thiophene rings is 1. The first-order chi connectivity index (χ1) is 10.7. The van der Waals surface area contributed by atoms with Crippen molar-refractivity contribution in [2.75, 3.05) is 17.7 Å². The number of nitrogens with one attached hydrogen (secondary N) is 2. The van der Waals surface area contributed by atoms with Crippen LogP contribution in [0.3, 0.4) is 0 Å². The molecular formula is C13H9BrClF3N2O2S. The van der Waals surface area contributed by atoms with Crippen molar-refractivity contribution < 1.29 is 22.7 Å². The summed E-state index contributed by atoms with van der Waals surface area (Å²) in [6, 6.07) is 3.60. The average molecular weight is 430 g/mol. The van der Waals surface area contributed by atoms with Crippen LogP contribution in [0.4, 0.5) is 29.3 Å². The molecule has 2 N–H and O–H groups in total. The fraction of sp³-hybridized carbons (Fsp3) is 0.154. The van der Waals surface area contributed by atoms with Gasteiger partial charge in [-0.1, -0.05) is 11.6 Å². The molecule has 0 aliphatic rings. The Morgan fingerprint density at radius 2 is 1.91 bits per heavy atom. The van der Waals surface area contributed by atoms with Gasteiger partial charge in [0, 0.05) is 0 Å². The molecule has 2 aromatic rings. The third-order valence-electron chi connectivity index (χ3n) is 2.68. The monoisotopic (exact) mass is 428 g/mol. The summed E-state index contributed by atoms with van der Waals surface area (Å²) in [7, 11) is 1.29. The summed E-state index contributed by atoms with van der Waals surface area (Å²) in [5.74, 6) is 0.107. The Bertz CT molecular complexity index is 736. The Kier molecular flexibility index (Phi) is 5.43. The quantitative estimate of drug-likeness (QED) is 0.644. The van der Waals surface area contributed by atoms with Crippen LogP contribution in [0.25, 0.3) is 0 Å². The van der Waals surface area contributed by atoms with Crippen LogP contribution in [-0.4, -0.2) is 13.1 Å². The minimum absolute atomic E-state index is 0.0997. The third kappa shape index (κ3) is 4.52. The first-order valence-electron chi connectivity index (χ1n) is 5.99. The van der Waals surface area contributed by atoms with Gasteiger partial charge in [0.1, 0.15) is 5.75 Å². The van der Waals surface area contributed by atoms with E-state index < -0.39 is 17.8 Å². The molecule has 0 saturated heterocycles. The number of benzene rings is 1. The highest BCUT2D eigenvalue weighted by Gasteiger charge is 2.31. The minimum atomic E-state index is -4.52. The van der Waals surface area contributed by atoms with Gasteiger partial charge in [0.2, 0.25) is 0 Å². The van der Waals surface area contributed by atoms with Gasteiger partial charge in [-0.15, -0.1) is 11.3 Å². The molecule has 2 amide bonds. The van der Waals surface area contributed by atoms with Crippen molar-refractivity contribution in [1.29, 1.82) is 0 Å². The lowest BCUT2D eigenvalue weighted by Gasteiger charge is -2.14. The maximum atomic E-state index is 12.8. The van der Waals surface area contributed by atoms with E-state index in [-0.39, 0.29) is 11.4 Å². The maximum Gasteiger partial charge on any atom is 0.416 e.